The van der Waals surface area contributed by atoms with Crippen molar-refractivity contribution in [2.24, 2.45) is 0 Å². The minimum Gasteiger partial charge on any atom is -0.494 e. The molecule has 0 saturated heterocycles. The highest BCUT2D eigenvalue weighted by molar-refractivity contribution is 6.17. The lowest BCUT2D eigenvalue weighted by atomic mass is 10.0. The second-order valence-electron chi connectivity index (χ2n) is 7.34. The third-order valence-electron chi connectivity index (χ3n) is 5.41. The van der Waals surface area contributed by atoms with Crippen molar-refractivity contribution in [2.75, 3.05) is 6.61 Å². The molecule has 1 heterocycles. The van der Waals surface area contributed by atoms with Crippen molar-refractivity contribution in [3.05, 3.63) is 102 Å². The molecule has 29 heavy (non-hydrogen) atoms. The van der Waals surface area contributed by atoms with Crippen LogP contribution in [0.3, 0.4) is 0 Å². The van der Waals surface area contributed by atoms with E-state index in [1.165, 1.54) is 0 Å². The van der Waals surface area contributed by atoms with Crippen LogP contribution >= 0.6 is 0 Å². The van der Waals surface area contributed by atoms with E-state index in [2.05, 4.69) is 17.6 Å². The first-order valence-corrected chi connectivity index (χ1v) is 10.0. The van der Waals surface area contributed by atoms with E-state index in [9.17, 15) is 4.79 Å². The standard InChI is InChI=1S/C26H25NO2/c1-19(17-18-29-22-13-7-4-8-14-22)27-20(2)25(23-15-9-10-16-24(23)27)26(28)21-11-5-3-6-12-21/h3-16,19H,17-18H2,1-2H3. The quantitative estimate of drug-likeness (QED) is 0.355. The van der Waals surface area contributed by atoms with Gasteiger partial charge in [-0.05, 0) is 32.0 Å². The first-order valence-electron chi connectivity index (χ1n) is 10.0. The van der Waals surface area contributed by atoms with Crippen LogP contribution in [-0.2, 0) is 0 Å². The Bertz CT molecular complexity index is 1110. The molecule has 3 heteroatoms. The molecule has 0 N–H and O–H groups in total. The highest BCUT2D eigenvalue weighted by atomic mass is 16.5. The molecule has 1 unspecified atom stereocenters. The summed E-state index contributed by atoms with van der Waals surface area (Å²) in [5, 5.41) is 1.01. The van der Waals surface area contributed by atoms with Gasteiger partial charge < -0.3 is 9.30 Å². The molecule has 0 saturated carbocycles. The van der Waals surface area contributed by atoms with Crippen LogP contribution in [0.4, 0.5) is 0 Å². The molecule has 0 aliphatic carbocycles. The van der Waals surface area contributed by atoms with Gasteiger partial charge in [0.2, 0.25) is 0 Å². The van der Waals surface area contributed by atoms with Crippen LogP contribution in [-0.4, -0.2) is 17.0 Å². The molecule has 0 fully saturated rings. The Morgan fingerprint density at radius 2 is 1.52 bits per heavy atom. The molecule has 0 bridgehead atoms. The number of ketones is 1. The van der Waals surface area contributed by atoms with Gasteiger partial charge in [-0.25, -0.2) is 0 Å². The Labute approximate surface area is 171 Å². The van der Waals surface area contributed by atoms with Crippen LogP contribution in [0.2, 0.25) is 0 Å². The van der Waals surface area contributed by atoms with Crippen LogP contribution in [0.25, 0.3) is 10.9 Å². The number of rotatable bonds is 7. The Balaban J connectivity index is 1.64. The molecule has 3 nitrogen and oxygen atoms in total. The van der Waals surface area contributed by atoms with Gasteiger partial charge in [-0.2, -0.15) is 0 Å². The molecular weight excluding hydrogens is 358 g/mol. The van der Waals surface area contributed by atoms with Gasteiger partial charge in [0.1, 0.15) is 5.75 Å². The first-order chi connectivity index (χ1) is 14.2. The number of para-hydroxylation sites is 2. The zero-order valence-corrected chi connectivity index (χ0v) is 16.8. The van der Waals surface area contributed by atoms with Gasteiger partial charge in [0, 0.05) is 34.6 Å². The summed E-state index contributed by atoms with van der Waals surface area (Å²) in [5.74, 6) is 0.958. The second kappa shape index (κ2) is 8.36. The van der Waals surface area contributed by atoms with Gasteiger partial charge in [-0.3, -0.25) is 4.79 Å². The number of hydrogen-bond acceptors (Lipinski definition) is 2. The van der Waals surface area contributed by atoms with E-state index in [1.54, 1.807) is 0 Å². The van der Waals surface area contributed by atoms with E-state index in [0.717, 1.165) is 39.9 Å². The van der Waals surface area contributed by atoms with Gasteiger partial charge in [0.05, 0.1) is 12.2 Å². The number of hydrogen-bond donors (Lipinski definition) is 0. The fraction of sp³-hybridized carbons (Fsp3) is 0.192. The number of nitrogens with zero attached hydrogens (tertiary/aromatic N) is 1. The number of ether oxygens (including phenoxy) is 1. The van der Waals surface area contributed by atoms with E-state index >= 15 is 0 Å². The molecule has 0 radical (unpaired) electrons. The third kappa shape index (κ3) is 3.81. The van der Waals surface area contributed by atoms with Crippen molar-refractivity contribution >= 4 is 16.7 Å². The highest BCUT2D eigenvalue weighted by Crippen LogP contribution is 2.32. The zero-order valence-electron chi connectivity index (χ0n) is 16.8. The zero-order chi connectivity index (χ0) is 20.2. The molecule has 1 aromatic heterocycles. The summed E-state index contributed by atoms with van der Waals surface area (Å²) in [5.41, 5.74) is 3.62. The number of fused-ring (bicyclic) bond motifs is 1. The van der Waals surface area contributed by atoms with Crippen molar-refractivity contribution in [1.29, 1.82) is 0 Å². The van der Waals surface area contributed by atoms with Crippen LogP contribution in [0.1, 0.15) is 41.0 Å². The molecule has 3 aromatic carbocycles. The topological polar surface area (TPSA) is 31.2 Å². The van der Waals surface area contributed by atoms with E-state index in [4.69, 9.17) is 4.74 Å². The molecule has 0 aliphatic rings. The predicted octanol–water partition coefficient (Wildman–Crippen LogP) is 6.21. The highest BCUT2D eigenvalue weighted by Gasteiger charge is 2.23. The first kappa shape index (κ1) is 19.0. The maximum atomic E-state index is 13.3. The monoisotopic (exact) mass is 383 g/mol. The Hall–Kier alpha value is -3.33. The molecule has 0 spiro atoms. The molecule has 0 aliphatic heterocycles. The Morgan fingerprint density at radius 1 is 0.897 bits per heavy atom. The van der Waals surface area contributed by atoms with Crippen LogP contribution < -0.4 is 4.74 Å². The summed E-state index contributed by atoms with van der Waals surface area (Å²) in [6.07, 6.45) is 0.855. The molecule has 4 rings (SSSR count). The second-order valence-corrected chi connectivity index (χ2v) is 7.34. The average Bonchev–Trinajstić information content (AvgIpc) is 3.06. The summed E-state index contributed by atoms with van der Waals surface area (Å²) in [7, 11) is 0. The average molecular weight is 383 g/mol. The normalized spacial score (nSPS) is 12.1. The largest absolute Gasteiger partial charge is 0.494 e. The van der Waals surface area contributed by atoms with Gasteiger partial charge in [-0.15, -0.1) is 0 Å². The van der Waals surface area contributed by atoms with E-state index in [-0.39, 0.29) is 11.8 Å². The molecule has 4 aromatic rings. The molecule has 146 valence electrons. The maximum absolute atomic E-state index is 13.3. The van der Waals surface area contributed by atoms with E-state index < -0.39 is 0 Å². The summed E-state index contributed by atoms with van der Waals surface area (Å²) >= 11 is 0. The Morgan fingerprint density at radius 3 is 2.24 bits per heavy atom. The lowest BCUT2D eigenvalue weighted by molar-refractivity contribution is 0.103. The lowest BCUT2D eigenvalue weighted by Crippen LogP contribution is -2.12. The Kier molecular flexibility index (Phi) is 5.48. The maximum Gasteiger partial charge on any atom is 0.195 e. The van der Waals surface area contributed by atoms with Gasteiger partial charge in [0.15, 0.2) is 5.78 Å². The predicted molar refractivity (Wildman–Crippen MR) is 118 cm³/mol. The summed E-state index contributed by atoms with van der Waals surface area (Å²) in [6.45, 7) is 4.86. The minimum absolute atomic E-state index is 0.0748. The van der Waals surface area contributed by atoms with Gasteiger partial charge in [0.25, 0.3) is 0 Å². The number of carbonyl (C=O) groups excluding carboxylic acids is 1. The van der Waals surface area contributed by atoms with Crippen molar-refractivity contribution < 1.29 is 9.53 Å². The fourth-order valence-corrected chi connectivity index (χ4v) is 3.97. The minimum atomic E-state index is 0.0748. The summed E-state index contributed by atoms with van der Waals surface area (Å²) in [6, 6.07) is 27.8. The van der Waals surface area contributed by atoms with E-state index in [1.807, 2.05) is 85.8 Å². The van der Waals surface area contributed by atoms with Crippen molar-refractivity contribution in [3.8, 4) is 5.75 Å². The molecule has 0 amide bonds. The van der Waals surface area contributed by atoms with Gasteiger partial charge in [-0.1, -0.05) is 66.7 Å². The SMILES string of the molecule is Cc1c(C(=O)c2ccccc2)c2ccccc2n1C(C)CCOc1ccccc1. The van der Waals surface area contributed by atoms with Crippen molar-refractivity contribution in [1.82, 2.24) is 4.57 Å². The summed E-state index contributed by atoms with van der Waals surface area (Å²) < 4.78 is 8.17. The molecular formula is C26H25NO2. The summed E-state index contributed by atoms with van der Waals surface area (Å²) in [4.78, 5) is 13.3. The van der Waals surface area contributed by atoms with Crippen LogP contribution in [0.5, 0.6) is 5.75 Å². The number of benzene rings is 3. The van der Waals surface area contributed by atoms with Crippen molar-refractivity contribution in [3.63, 3.8) is 0 Å². The van der Waals surface area contributed by atoms with Crippen LogP contribution in [0, 0.1) is 6.92 Å². The number of carbonyl (C=O) groups is 1. The third-order valence-corrected chi connectivity index (χ3v) is 5.41. The fourth-order valence-electron chi connectivity index (χ4n) is 3.97. The van der Waals surface area contributed by atoms with Crippen molar-refractivity contribution in [2.45, 2.75) is 26.3 Å². The van der Waals surface area contributed by atoms with Crippen LogP contribution in [0.15, 0.2) is 84.9 Å². The lowest BCUT2D eigenvalue weighted by Gasteiger charge is -2.18. The van der Waals surface area contributed by atoms with E-state index in [0.29, 0.717) is 6.61 Å². The smallest absolute Gasteiger partial charge is 0.195 e. The number of aromatic nitrogens is 1. The molecule has 1 atom stereocenters. The van der Waals surface area contributed by atoms with Gasteiger partial charge >= 0.3 is 0 Å².